The van der Waals surface area contributed by atoms with Gasteiger partial charge < -0.3 is 10.1 Å². The van der Waals surface area contributed by atoms with Gasteiger partial charge in [0.05, 0.1) is 18.2 Å². The fraction of sp³-hybridized carbons (Fsp3) is 0.462. The van der Waals surface area contributed by atoms with E-state index in [0.29, 0.717) is 5.56 Å². The van der Waals surface area contributed by atoms with Gasteiger partial charge in [0, 0.05) is 6.04 Å². The van der Waals surface area contributed by atoms with E-state index in [4.69, 9.17) is 10.00 Å². The SMILES string of the molecule is N#Cc1ccc(OCCCNC2CC2)cc1. The van der Waals surface area contributed by atoms with E-state index < -0.39 is 0 Å². The van der Waals surface area contributed by atoms with Crippen LogP contribution in [-0.2, 0) is 0 Å². The highest BCUT2D eigenvalue weighted by atomic mass is 16.5. The molecule has 3 nitrogen and oxygen atoms in total. The highest BCUT2D eigenvalue weighted by molar-refractivity contribution is 5.34. The van der Waals surface area contributed by atoms with Gasteiger partial charge in [-0.2, -0.15) is 5.26 Å². The van der Waals surface area contributed by atoms with E-state index in [0.717, 1.165) is 31.4 Å². The first-order chi connectivity index (χ1) is 7.88. The number of ether oxygens (including phenoxy) is 1. The van der Waals surface area contributed by atoms with Crippen LogP contribution in [0.4, 0.5) is 0 Å². The van der Waals surface area contributed by atoms with Crippen LogP contribution < -0.4 is 10.1 Å². The molecule has 1 saturated carbocycles. The lowest BCUT2D eigenvalue weighted by molar-refractivity contribution is 0.308. The summed E-state index contributed by atoms with van der Waals surface area (Å²) in [4.78, 5) is 0. The number of hydrogen-bond donors (Lipinski definition) is 1. The van der Waals surface area contributed by atoms with Crippen molar-refractivity contribution in [1.82, 2.24) is 5.32 Å². The molecule has 0 aromatic heterocycles. The summed E-state index contributed by atoms with van der Waals surface area (Å²) in [7, 11) is 0. The summed E-state index contributed by atoms with van der Waals surface area (Å²) in [6, 6.07) is 10.1. The number of nitriles is 1. The molecule has 0 radical (unpaired) electrons. The van der Waals surface area contributed by atoms with E-state index in [1.807, 2.05) is 12.1 Å². The minimum Gasteiger partial charge on any atom is -0.494 e. The molecule has 1 N–H and O–H groups in total. The Morgan fingerprint density at radius 1 is 1.31 bits per heavy atom. The predicted octanol–water partition coefficient (Wildman–Crippen LogP) is 2.08. The molecule has 1 aromatic carbocycles. The molecule has 84 valence electrons. The second-order valence-corrected chi connectivity index (χ2v) is 4.07. The van der Waals surface area contributed by atoms with Gasteiger partial charge in [0.15, 0.2) is 0 Å². The molecule has 2 rings (SSSR count). The molecule has 1 aliphatic rings. The van der Waals surface area contributed by atoms with E-state index in [2.05, 4.69) is 11.4 Å². The Labute approximate surface area is 96.0 Å². The van der Waals surface area contributed by atoms with Gasteiger partial charge in [-0.1, -0.05) is 0 Å². The average molecular weight is 216 g/mol. The lowest BCUT2D eigenvalue weighted by Crippen LogP contribution is -2.19. The fourth-order valence-corrected chi connectivity index (χ4v) is 1.48. The van der Waals surface area contributed by atoms with E-state index in [-0.39, 0.29) is 0 Å². The van der Waals surface area contributed by atoms with Crippen molar-refractivity contribution in [2.45, 2.75) is 25.3 Å². The minimum absolute atomic E-state index is 0.669. The molecule has 3 heteroatoms. The normalized spacial score (nSPS) is 14.4. The smallest absolute Gasteiger partial charge is 0.119 e. The summed E-state index contributed by atoms with van der Waals surface area (Å²) >= 11 is 0. The van der Waals surface area contributed by atoms with Crippen LogP contribution >= 0.6 is 0 Å². The first-order valence-corrected chi connectivity index (χ1v) is 5.75. The minimum atomic E-state index is 0.669. The van der Waals surface area contributed by atoms with Crippen LogP contribution in [-0.4, -0.2) is 19.2 Å². The molecule has 1 aliphatic carbocycles. The van der Waals surface area contributed by atoms with Gasteiger partial charge in [0.1, 0.15) is 5.75 Å². The Bertz CT molecular complexity index is 363. The molecular weight excluding hydrogens is 200 g/mol. The van der Waals surface area contributed by atoms with Crippen LogP contribution in [0.3, 0.4) is 0 Å². The zero-order valence-electron chi connectivity index (χ0n) is 9.28. The Hall–Kier alpha value is -1.53. The van der Waals surface area contributed by atoms with Gasteiger partial charge in [0.25, 0.3) is 0 Å². The number of benzene rings is 1. The molecule has 0 aliphatic heterocycles. The molecule has 0 unspecified atom stereocenters. The largest absolute Gasteiger partial charge is 0.494 e. The number of hydrogen-bond acceptors (Lipinski definition) is 3. The average Bonchev–Trinajstić information content (AvgIpc) is 3.13. The summed E-state index contributed by atoms with van der Waals surface area (Å²) < 4.78 is 5.56. The quantitative estimate of drug-likeness (QED) is 0.740. The number of rotatable bonds is 6. The first kappa shape index (κ1) is 11.0. The maximum absolute atomic E-state index is 8.63. The molecule has 0 bridgehead atoms. The highest BCUT2D eigenvalue weighted by Gasteiger charge is 2.19. The van der Waals surface area contributed by atoms with Crippen LogP contribution in [0, 0.1) is 11.3 Å². The van der Waals surface area contributed by atoms with Crippen LogP contribution in [0.25, 0.3) is 0 Å². The van der Waals surface area contributed by atoms with Gasteiger partial charge in [0.2, 0.25) is 0 Å². The third-order valence-corrected chi connectivity index (χ3v) is 2.58. The Morgan fingerprint density at radius 2 is 2.06 bits per heavy atom. The fourth-order valence-electron chi connectivity index (χ4n) is 1.48. The molecule has 0 spiro atoms. The maximum Gasteiger partial charge on any atom is 0.119 e. The molecule has 1 fully saturated rings. The van der Waals surface area contributed by atoms with Crippen molar-refractivity contribution < 1.29 is 4.74 Å². The molecule has 16 heavy (non-hydrogen) atoms. The number of nitrogens with zero attached hydrogens (tertiary/aromatic N) is 1. The summed E-state index contributed by atoms with van der Waals surface area (Å²) in [5, 5.41) is 12.1. The van der Waals surface area contributed by atoms with Crippen molar-refractivity contribution in [2.24, 2.45) is 0 Å². The zero-order valence-corrected chi connectivity index (χ0v) is 9.28. The second kappa shape index (κ2) is 5.53. The van der Waals surface area contributed by atoms with Gasteiger partial charge >= 0.3 is 0 Å². The van der Waals surface area contributed by atoms with Crippen molar-refractivity contribution in [2.75, 3.05) is 13.2 Å². The third kappa shape index (κ3) is 3.56. The topological polar surface area (TPSA) is 45.0 Å². The lowest BCUT2D eigenvalue weighted by atomic mass is 10.2. The van der Waals surface area contributed by atoms with Crippen LogP contribution in [0.5, 0.6) is 5.75 Å². The van der Waals surface area contributed by atoms with Gasteiger partial charge in [-0.05, 0) is 50.1 Å². The van der Waals surface area contributed by atoms with E-state index in [1.54, 1.807) is 12.1 Å². The van der Waals surface area contributed by atoms with Crippen LogP contribution in [0.1, 0.15) is 24.8 Å². The summed E-state index contributed by atoms with van der Waals surface area (Å²) in [5.74, 6) is 0.838. The maximum atomic E-state index is 8.63. The Morgan fingerprint density at radius 3 is 2.69 bits per heavy atom. The Balaban J connectivity index is 1.62. The molecule has 0 saturated heterocycles. The van der Waals surface area contributed by atoms with Crippen molar-refractivity contribution in [1.29, 1.82) is 5.26 Å². The lowest BCUT2D eigenvalue weighted by Gasteiger charge is -2.06. The van der Waals surface area contributed by atoms with Gasteiger partial charge in [-0.3, -0.25) is 0 Å². The second-order valence-electron chi connectivity index (χ2n) is 4.07. The zero-order chi connectivity index (χ0) is 11.2. The first-order valence-electron chi connectivity index (χ1n) is 5.75. The van der Waals surface area contributed by atoms with Crippen molar-refractivity contribution in [3.05, 3.63) is 29.8 Å². The summed E-state index contributed by atoms with van der Waals surface area (Å²) in [6.45, 7) is 1.76. The van der Waals surface area contributed by atoms with Gasteiger partial charge in [-0.25, -0.2) is 0 Å². The van der Waals surface area contributed by atoms with E-state index >= 15 is 0 Å². The predicted molar refractivity (Wildman–Crippen MR) is 62.3 cm³/mol. The van der Waals surface area contributed by atoms with Crippen LogP contribution in [0.15, 0.2) is 24.3 Å². The molecule has 0 atom stereocenters. The van der Waals surface area contributed by atoms with Gasteiger partial charge in [-0.15, -0.1) is 0 Å². The molecule has 0 heterocycles. The van der Waals surface area contributed by atoms with Crippen molar-refractivity contribution >= 4 is 0 Å². The highest BCUT2D eigenvalue weighted by Crippen LogP contribution is 2.18. The molecule has 1 aromatic rings. The monoisotopic (exact) mass is 216 g/mol. The molecular formula is C13H16N2O. The Kier molecular flexibility index (Phi) is 3.79. The van der Waals surface area contributed by atoms with E-state index in [9.17, 15) is 0 Å². The van der Waals surface area contributed by atoms with Crippen molar-refractivity contribution in [3.63, 3.8) is 0 Å². The van der Waals surface area contributed by atoms with E-state index in [1.165, 1.54) is 12.8 Å². The van der Waals surface area contributed by atoms with Crippen molar-refractivity contribution in [3.8, 4) is 11.8 Å². The number of nitrogens with one attached hydrogen (secondary N) is 1. The molecule has 0 amide bonds. The summed E-state index contributed by atoms with van der Waals surface area (Å²) in [5.41, 5.74) is 0.669. The van der Waals surface area contributed by atoms with Crippen LogP contribution in [0.2, 0.25) is 0 Å². The third-order valence-electron chi connectivity index (χ3n) is 2.58. The standard InChI is InChI=1S/C13H16N2O/c14-10-11-2-6-13(7-3-11)16-9-1-8-15-12-4-5-12/h2-3,6-7,12,15H,1,4-5,8-9H2. The summed E-state index contributed by atoms with van der Waals surface area (Å²) in [6.07, 6.45) is 3.68.